The Morgan fingerprint density at radius 1 is 0.750 bits per heavy atom. The molecule has 0 aliphatic carbocycles. The van der Waals surface area contributed by atoms with Crippen molar-refractivity contribution in [2.75, 3.05) is 37.7 Å². The van der Waals surface area contributed by atoms with Gasteiger partial charge in [0.1, 0.15) is 5.75 Å². The van der Waals surface area contributed by atoms with Crippen LogP contribution in [0.2, 0.25) is 0 Å². The van der Waals surface area contributed by atoms with E-state index in [4.69, 9.17) is 10.00 Å². The molecule has 1 saturated heterocycles. The maximum atomic E-state index is 8.84. The van der Waals surface area contributed by atoms with Crippen LogP contribution in [0.5, 0.6) is 5.75 Å². The zero-order chi connectivity index (χ0) is 20.6. The molecule has 0 N–H and O–H groups in total. The molecule has 3 aromatic rings. The molecule has 3 aromatic carbocycles. The molecular formula is C26H29Cl2N3O. The summed E-state index contributed by atoms with van der Waals surface area (Å²) >= 11 is 0. The minimum absolute atomic E-state index is 0. The second kappa shape index (κ2) is 13.0. The highest BCUT2D eigenvalue weighted by atomic mass is 35.5. The molecule has 0 unspecified atom stereocenters. The van der Waals surface area contributed by atoms with E-state index in [0.29, 0.717) is 12.2 Å². The maximum absolute atomic E-state index is 8.84. The average molecular weight is 470 g/mol. The number of rotatable bonds is 7. The third-order valence-corrected chi connectivity index (χ3v) is 5.57. The van der Waals surface area contributed by atoms with E-state index in [9.17, 15) is 0 Å². The van der Waals surface area contributed by atoms with Crippen LogP contribution in [0, 0.1) is 11.3 Å². The Bertz CT molecular complexity index is 965. The highest BCUT2D eigenvalue weighted by Gasteiger charge is 2.17. The minimum Gasteiger partial charge on any atom is -0.493 e. The van der Waals surface area contributed by atoms with Crippen molar-refractivity contribution in [2.24, 2.45) is 0 Å². The second-order valence-corrected chi connectivity index (χ2v) is 7.65. The predicted octanol–water partition coefficient (Wildman–Crippen LogP) is 5.35. The normalized spacial score (nSPS) is 13.4. The smallest absolute Gasteiger partial charge is 0.119 e. The van der Waals surface area contributed by atoms with E-state index in [-0.39, 0.29) is 24.8 Å². The van der Waals surface area contributed by atoms with E-state index in [0.717, 1.165) is 44.9 Å². The van der Waals surface area contributed by atoms with Crippen LogP contribution >= 0.6 is 24.8 Å². The number of benzene rings is 3. The molecule has 32 heavy (non-hydrogen) atoms. The van der Waals surface area contributed by atoms with Crippen molar-refractivity contribution in [1.29, 1.82) is 5.26 Å². The van der Waals surface area contributed by atoms with Gasteiger partial charge in [-0.25, -0.2) is 0 Å². The van der Waals surface area contributed by atoms with Gasteiger partial charge in [0.2, 0.25) is 0 Å². The number of hydrogen-bond donors (Lipinski definition) is 0. The number of piperazine rings is 1. The molecule has 1 aliphatic rings. The summed E-state index contributed by atoms with van der Waals surface area (Å²) in [4.78, 5) is 5.00. The third-order valence-electron chi connectivity index (χ3n) is 5.57. The monoisotopic (exact) mass is 469 g/mol. The molecular weight excluding hydrogens is 441 g/mol. The molecule has 4 nitrogen and oxygen atoms in total. The van der Waals surface area contributed by atoms with Crippen molar-refractivity contribution in [2.45, 2.75) is 13.0 Å². The predicted molar refractivity (Wildman–Crippen MR) is 135 cm³/mol. The molecule has 4 rings (SSSR count). The molecule has 0 spiro atoms. The topological polar surface area (TPSA) is 39.5 Å². The average Bonchev–Trinajstić information content (AvgIpc) is 2.82. The van der Waals surface area contributed by atoms with Crippen molar-refractivity contribution in [3.8, 4) is 11.8 Å². The van der Waals surface area contributed by atoms with Crippen LogP contribution in [0.15, 0.2) is 78.9 Å². The Morgan fingerprint density at radius 2 is 1.38 bits per heavy atom. The van der Waals surface area contributed by atoms with Gasteiger partial charge < -0.3 is 9.64 Å². The van der Waals surface area contributed by atoms with Crippen molar-refractivity contribution in [3.05, 3.63) is 95.6 Å². The molecule has 168 valence electrons. The molecule has 0 bridgehead atoms. The molecule has 1 fully saturated rings. The maximum Gasteiger partial charge on any atom is 0.119 e. The van der Waals surface area contributed by atoms with E-state index in [2.05, 4.69) is 70.5 Å². The third kappa shape index (κ3) is 7.17. The summed E-state index contributed by atoms with van der Waals surface area (Å²) in [6.45, 7) is 5.98. The molecule has 0 amide bonds. The zero-order valence-electron chi connectivity index (χ0n) is 18.0. The molecule has 6 heteroatoms. The number of halogens is 2. The van der Waals surface area contributed by atoms with Gasteiger partial charge in [-0.1, -0.05) is 42.5 Å². The Morgan fingerprint density at radius 3 is 2.00 bits per heavy atom. The number of ether oxygens (including phenoxy) is 1. The summed E-state index contributed by atoms with van der Waals surface area (Å²) in [5.41, 5.74) is 4.62. The van der Waals surface area contributed by atoms with Crippen LogP contribution in [0.3, 0.4) is 0 Å². The highest BCUT2D eigenvalue weighted by Crippen LogP contribution is 2.17. The van der Waals surface area contributed by atoms with Gasteiger partial charge in [-0.15, -0.1) is 24.8 Å². The number of nitriles is 1. The number of nitrogens with zero attached hydrogens (tertiary/aromatic N) is 3. The van der Waals surface area contributed by atoms with Crippen molar-refractivity contribution >= 4 is 30.5 Å². The molecule has 1 aliphatic heterocycles. The SMILES string of the molecule is Cl.Cl.N#Cc1ccc(OCCc2ccc(CN3CCN(c4ccccc4)CC3)cc2)cc1. The molecule has 0 radical (unpaired) electrons. The van der Waals surface area contributed by atoms with E-state index in [1.165, 1.54) is 16.8 Å². The fraction of sp³-hybridized carbons (Fsp3) is 0.269. The largest absolute Gasteiger partial charge is 0.493 e. The van der Waals surface area contributed by atoms with E-state index in [1.54, 1.807) is 12.1 Å². The second-order valence-electron chi connectivity index (χ2n) is 7.65. The first-order valence-corrected chi connectivity index (χ1v) is 10.5. The number of hydrogen-bond acceptors (Lipinski definition) is 4. The summed E-state index contributed by atoms with van der Waals surface area (Å²) in [5.74, 6) is 0.806. The van der Waals surface area contributed by atoms with Crippen LogP contribution in [0.4, 0.5) is 5.69 Å². The summed E-state index contributed by atoms with van der Waals surface area (Å²) in [5, 5.41) is 8.84. The Labute approximate surface area is 203 Å². The number of anilines is 1. The van der Waals surface area contributed by atoms with Crippen molar-refractivity contribution in [3.63, 3.8) is 0 Å². The van der Waals surface area contributed by atoms with Gasteiger partial charge in [0, 0.05) is 44.8 Å². The Kier molecular flexibility index (Phi) is 10.4. The van der Waals surface area contributed by atoms with Crippen molar-refractivity contribution < 1.29 is 4.74 Å². The van der Waals surface area contributed by atoms with Gasteiger partial charge in [-0.2, -0.15) is 5.26 Å². The fourth-order valence-corrected chi connectivity index (χ4v) is 3.78. The summed E-state index contributed by atoms with van der Waals surface area (Å²) < 4.78 is 5.79. The standard InChI is InChI=1S/C26H27N3O.2ClH/c27-20-23-10-12-26(13-11-23)30-19-14-22-6-8-24(9-7-22)21-28-15-17-29(18-16-28)25-4-2-1-3-5-25;;/h1-13H,14-19,21H2;2*1H. The van der Waals surface area contributed by atoms with E-state index < -0.39 is 0 Å². The molecule has 0 atom stereocenters. The van der Waals surface area contributed by atoms with Gasteiger partial charge in [0.25, 0.3) is 0 Å². The lowest BCUT2D eigenvalue weighted by Gasteiger charge is -2.36. The van der Waals surface area contributed by atoms with Gasteiger partial charge in [0.05, 0.1) is 18.2 Å². The van der Waals surface area contributed by atoms with E-state index >= 15 is 0 Å². The summed E-state index contributed by atoms with van der Waals surface area (Å²) in [6.07, 6.45) is 0.871. The summed E-state index contributed by atoms with van der Waals surface area (Å²) in [6, 6.07) is 28.9. The lowest BCUT2D eigenvalue weighted by atomic mass is 10.1. The van der Waals surface area contributed by atoms with Crippen LogP contribution in [-0.2, 0) is 13.0 Å². The van der Waals surface area contributed by atoms with Crippen LogP contribution in [0.25, 0.3) is 0 Å². The quantitative estimate of drug-likeness (QED) is 0.467. The lowest BCUT2D eigenvalue weighted by molar-refractivity contribution is 0.250. The molecule has 0 saturated carbocycles. The first-order chi connectivity index (χ1) is 14.8. The van der Waals surface area contributed by atoms with Gasteiger partial charge in [-0.05, 0) is 47.5 Å². The van der Waals surface area contributed by atoms with Crippen LogP contribution < -0.4 is 9.64 Å². The minimum atomic E-state index is 0. The Balaban J connectivity index is 0.00000181. The van der Waals surface area contributed by atoms with Crippen LogP contribution in [-0.4, -0.2) is 37.7 Å². The molecule has 1 heterocycles. The lowest BCUT2D eigenvalue weighted by Crippen LogP contribution is -2.45. The number of para-hydroxylation sites is 1. The summed E-state index contributed by atoms with van der Waals surface area (Å²) in [7, 11) is 0. The Hall–Kier alpha value is -2.71. The molecule has 0 aromatic heterocycles. The van der Waals surface area contributed by atoms with Gasteiger partial charge in [-0.3, -0.25) is 4.90 Å². The van der Waals surface area contributed by atoms with Gasteiger partial charge >= 0.3 is 0 Å². The first kappa shape index (κ1) is 25.5. The highest BCUT2D eigenvalue weighted by molar-refractivity contribution is 5.85. The van der Waals surface area contributed by atoms with Crippen molar-refractivity contribution in [1.82, 2.24) is 4.90 Å². The van der Waals surface area contributed by atoms with Crippen LogP contribution in [0.1, 0.15) is 16.7 Å². The fourth-order valence-electron chi connectivity index (χ4n) is 3.78. The first-order valence-electron chi connectivity index (χ1n) is 10.5. The van der Waals surface area contributed by atoms with Gasteiger partial charge in [0.15, 0.2) is 0 Å². The van der Waals surface area contributed by atoms with E-state index in [1.807, 2.05) is 12.1 Å². The zero-order valence-corrected chi connectivity index (χ0v) is 19.7.